The van der Waals surface area contributed by atoms with E-state index in [-0.39, 0.29) is 27.3 Å². The van der Waals surface area contributed by atoms with Gasteiger partial charge in [-0.15, -0.1) is 0 Å². The number of nitrogens with one attached hydrogen (secondary N) is 3. The lowest BCUT2D eigenvalue weighted by molar-refractivity contribution is 0.0878. The molecule has 0 unspecified atom stereocenters. The molecule has 0 bridgehead atoms. The SMILES string of the molecule is O=C(Nc1ccc2c(c1)C(=O)NC2=O)c1cccc(NS(=O)(=O)c2ccc(F)cc2)c1. The molecule has 156 valence electrons. The predicted molar refractivity (Wildman–Crippen MR) is 110 cm³/mol. The first-order chi connectivity index (χ1) is 14.7. The van der Waals surface area contributed by atoms with Gasteiger partial charge in [-0.1, -0.05) is 6.07 Å². The Morgan fingerprint density at radius 1 is 0.839 bits per heavy atom. The Labute approximate surface area is 176 Å². The number of amides is 3. The standard InChI is InChI=1S/C21H14FN3O5S/c22-13-4-7-16(8-5-13)31(29,30)25-15-3-1-2-12(10-15)19(26)23-14-6-9-17-18(11-14)21(28)24-20(17)27/h1-11,25H,(H,23,26)(H,24,27,28). The zero-order chi connectivity index (χ0) is 22.2. The van der Waals surface area contributed by atoms with E-state index in [0.29, 0.717) is 5.69 Å². The third kappa shape index (κ3) is 4.14. The molecule has 1 aliphatic rings. The summed E-state index contributed by atoms with van der Waals surface area (Å²) in [5, 5.41) is 4.77. The lowest BCUT2D eigenvalue weighted by atomic mass is 10.1. The third-order valence-electron chi connectivity index (χ3n) is 4.49. The van der Waals surface area contributed by atoms with Crippen LogP contribution >= 0.6 is 0 Å². The minimum Gasteiger partial charge on any atom is -0.322 e. The van der Waals surface area contributed by atoms with E-state index in [2.05, 4.69) is 15.4 Å². The molecule has 0 aliphatic carbocycles. The molecule has 1 aliphatic heterocycles. The molecule has 0 radical (unpaired) electrons. The van der Waals surface area contributed by atoms with Crippen LogP contribution in [0.2, 0.25) is 0 Å². The van der Waals surface area contributed by atoms with Crippen LogP contribution < -0.4 is 15.4 Å². The molecular formula is C21H14FN3O5S. The van der Waals surface area contributed by atoms with Gasteiger partial charge in [0.2, 0.25) is 0 Å². The van der Waals surface area contributed by atoms with Crippen LogP contribution in [-0.4, -0.2) is 26.1 Å². The van der Waals surface area contributed by atoms with Gasteiger partial charge in [0.05, 0.1) is 16.0 Å². The van der Waals surface area contributed by atoms with Crippen molar-refractivity contribution in [2.75, 3.05) is 10.0 Å². The van der Waals surface area contributed by atoms with Gasteiger partial charge in [0.1, 0.15) is 5.82 Å². The first-order valence-electron chi connectivity index (χ1n) is 8.92. The number of halogens is 1. The fraction of sp³-hybridized carbons (Fsp3) is 0. The average molecular weight is 439 g/mol. The summed E-state index contributed by atoms with van der Waals surface area (Å²) in [6.45, 7) is 0. The number of rotatable bonds is 5. The fourth-order valence-corrected chi connectivity index (χ4v) is 4.05. The Bertz CT molecular complexity index is 1340. The molecule has 0 aromatic heterocycles. The van der Waals surface area contributed by atoms with E-state index in [1.54, 1.807) is 0 Å². The van der Waals surface area contributed by atoms with Crippen LogP contribution in [0.15, 0.2) is 71.6 Å². The quantitative estimate of drug-likeness (QED) is 0.528. The maximum absolute atomic E-state index is 13.0. The van der Waals surface area contributed by atoms with Crippen molar-refractivity contribution in [2.24, 2.45) is 0 Å². The summed E-state index contributed by atoms with van der Waals surface area (Å²) in [5.41, 5.74) is 0.964. The number of hydrogen-bond donors (Lipinski definition) is 3. The maximum Gasteiger partial charge on any atom is 0.261 e. The lowest BCUT2D eigenvalue weighted by Gasteiger charge is -2.10. The topological polar surface area (TPSA) is 121 Å². The Kier molecular flexibility index (Phi) is 4.99. The van der Waals surface area contributed by atoms with Gasteiger partial charge < -0.3 is 5.32 Å². The van der Waals surface area contributed by atoms with Crippen molar-refractivity contribution in [2.45, 2.75) is 4.90 Å². The van der Waals surface area contributed by atoms with Crippen LogP contribution in [0.4, 0.5) is 15.8 Å². The van der Waals surface area contributed by atoms with Gasteiger partial charge in [-0.25, -0.2) is 12.8 Å². The highest BCUT2D eigenvalue weighted by Gasteiger charge is 2.26. The van der Waals surface area contributed by atoms with Crippen molar-refractivity contribution in [3.05, 3.63) is 89.2 Å². The van der Waals surface area contributed by atoms with Gasteiger partial charge in [0, 0.05) is 16.9 Å². The highest BCUT2D eigenvalue weighted by molar-refractivity contribution is 7.92. The molecule has 3 aromatic rings. The minimum atomic E-state index is -3.97. The molecule has 3 amide bonds. The summed E-state index contributed by atoms with van der Waals surface area (Å²) < 4.78 is 40.3. The molecule has 1 heterocycles. The summed E-state index contributed by atoms with van der Waals surface area (Å²) in [6, 6.07) is 14.4. The normalized spacial score (nSPS) is 12.8. The van der Waals surface area contributed by atoms with Crippen molar-refractivity contribution in [3.8, 4) is 0 Å². The van der Waals surface area contributed by atoms with Crippen molar-refractivity contribution < 1.29 is 27.2 Å². The fourth-order valence-electron chi connectivity index (χ4n) is 3.00. The number of carbonyl (C=O) groups is 3. The molecule has 0 saturated carbocycles. The van der Waals surface area contributed by atoms with E-state index in [1.807, 2.05) is 0 Å². The second-order valence-corrected chi connectivity index (χ2v) is 8.32. The molecule has 0 fully saturated rings. The molecule has 4 rings (SSSR count). The largest absolute Gasteiger partial charge is 0.322 e. The maximum atomic E-state index is 13.0. The van der Waals surface area contributed by atoms with Crippen molar-refractivity contribution in [3.63, 3.8) is 0 Å². The molecule has 0 spiro atoms. The van der Waals surface area contributed by atoms with Crippen LogP contribution in [0.1, 0.15) is 31.1 Å². The van der Waals surface area contributed by atoms with Crippen LogP contribution in [-0.2, 0) is 10.0 Å². The smallest absolute Gasteiger partial charge is 0.261 e. The molecule has 3 N–H and O–H groups in total. The van der Waals surface area contributed by atoms with Crippen LogP contribution in [0.25, 0.3) is 0 Å². The number of benzene rings is 3. The van der Waals surface area contributed by atoms with Crippen molar-refractivity contribution in [1.29, 1.82) is 0 Å². The number of imide groups is 1. The summed E-state index contributed by atoms with van der Waals surface area (Å²) in [5.74, 6) is -2.16. The van der Waals surface area contributed by atoms with Gasteiger partial charge in [0.15, 0.2) is 0 Å². The van der Waals surface area contributed by atoms with E-state index in [4.69, 9.17) is 0 Å². The number of fused-ring (bicyclic) bond motifs is 1. The number of carbonyl (C=O) groups excluding carboxylic acids is 3. The molecule has 0 atom stereocenters. The first kappa shape index (κ1) is 20.2. The lowest BCUT2D eigenvalue weighted by Crippen LogP contribution is -2.19. The van der Waals surface area contributed by atoms with Gasteiger partial charge in [-0.3, -0.25) is 24.4 Å². The number of anilines is 2. The Hall–Kier alpha value is -4.05. The minimum absolute atomic E-state index is 0.130. The molecule has 10 heteroatoms. The number of sulfonamides is 1. The van der Waals surface area contributed by atoms with Crippen molar-refractivity contribution in [1.82, 2.24) is 5.32 Å². The molecule has 8 nitrogen and oxygen atoms in total. The molecule has 3 aromatic carbocycles. The summed E-state index contributed by atoms with van der Waals surface area (Å²) in [6.07, 6.45) is 0. The van der Waals surface area contributed by atoms with Gasteiger partial charge >= 0.3 is 0 Å². The average Bonchev–Trinajstić information content (AvgIpc) is 3.01. The number of hydrogen-bond acceptors (Lipinski definition) is 5. The molecular weight excluding hydrogens is 425 g/mol. The Morgan fingerprint density at radius 2 is 1.55 bits per heavy atom. The van der Waals surface area contributed by atoms with E-state index < -0.39 is 33.6 Å². The Morgan fingerprint density at radius 3 is 2.29 bits per heavy atom. The van der Waals surface area contributed by atoms with E-state index in [9.17, 15) is 27.2 Å². The van der Waals surface area contributed by atoms with E-state index in [1.165, 1.54) is 42.5 Å². The summed E-state index contributed by atoms with van der Waals surface area (Å²) in [4.78, 5) is 35.8. The zero-order valence-electron chi connectivity index (χ0n) is 15.7. The molecule has 31 heavy (non-hydrogen) atoms. The molecule has 0 saturated heterocycles. The van der Waals surface area contributed by atoms with E-state index in [0.717, 1.165) is 24.3 Å². The first-order valence-corrected chi connectivity index (χ1v) is 10.4. The van der Waals surface area contributed by atoms with Gasteiger partial charge in [0.25, 0.3) is 27.7 Å². The summed E-state index contributed by atoms with van der Waals surface area (Å²) >= 11 is 0. The van der Waals surface area contributed by atoms with Crippen molar-refractivity contribution >= 4 is 39.1 Å². The van der Waals surface area contributed by atoms with Crippen LogP contribution in [0.5, 0.6) is 0 Å². The monoisotopic (exact) mass is 439 g/mol. The highest BCUT2D eigenvalue weighted by Crippen LogP contribution is 2.22. The second kappa shape index (κ2) is 7.65. The third-order valence-corrected chi connectivity index (χ3v) is 5.89. The van der Waals surface area contributed by atoms with E-state index >= 15 is 0 Å². The zero-order valence-corrected chi connectivity index (χ0v) is 16.5. The Balaban J connectivity index is 1.52. The highest BCUT2D eigenvalue weighted by atomic mass is 32.2. The van der Waals surface area contributed by atoms with Gasteiger partial charge in [-0.2, -0.15) is 0 Å². The van der Waals surface area contributed by atoms with Crippen LogP contribution in [0.3, 0.4) is 0 Å². The van der Waals surface area contributed by atoms with Crippen LogP contribution in [0, 0.1) is 5.82 Å². The second-order valence-electron chi connectivity index (χ2n) is 6.64. The summed E-state index contributed by atoms with van der Waals surface area (Å²) in [7, 11) is -3.97. The van der Waals surface area contributed by atoms with Gasteiger partial charge in [-0.05, 0) is 60.7 Å². The predicted octanol–water partition coefficient (Wildman–Crippen LogP) is 2.76.